The van der Waals surface area contributed by atoms with Gasteiger partial charge in [0.25, 0.3) is 5.91 Å². The fraction of sp³-hybridized carbons (Fsp3) is 0.350. The molecular formula is C20H26N2O. The van der Waals surface area contributed by atoms with Crippen molar-refractivity contribution in [2.24, 2.45) is 5.73 Å². The summed E-state index contributed by atoms with van der Waals surface area (Å²) in [7, 11) is 1.89. The van der Waals surface area contributed by atoms with E-state index in [1.165, 1.54) is 5.56 Å². The average molecular weight is 310 g/mol. The Morgan fingerprint density at radius 2 is 1.65 bits per heavy atom. The SMILES string of the molecule is Cc1cccc(C)c1C(=O)N(C)C(CCN)Cc1ccccc1. The number of hydrogen-bond acceptors (Lipinski definition) is 2. The molecule has 1 unspecified atom stereocenters. The van der Waals surface area contributed by atoms with Gasteiger partial charge in [-0.3, -0.25) is 4.79 Å². The summed E-state index contributed by atoms with van der Waals surface area (Å²) in [5.74, 6) is 0.0787. The Labute approximate surface area is 139 Å². The number of carbonyl (C=O) groups is 1. The Hall–Kier alpha value is -2.13. The van der Waals surface area contributed by atoms with Gasteiger partial charge in [-0.1, -0.05) is 48.5 Å². The molecule has 3 nitrogen and oxygen atoms in total. The Morgan fingerprint density at radius 3 is 2.22 bits per heavy atom. The first kappa shape index (κ1) is 17.2. The van der Waals surface area contributed by atoms with Crippen LogP contribution in [0.5, 0.6) is 0 Å². The summed E-state index contributed by atoms with van der Waals surface area (Å²) in [5.41, 5.74) is 9.86. The third kappa shape index (κ3) is 4.20. The molecule has 23 heavy (non-hydrogen) atoms. The Kier molecular flexibility index (Phi) is 5.94. The highest BCUT2D eigenvalue weighted by molar-refractivity contribution is 5.97. The van der Waals surface area contributed by atoms with Crippen LogP contribution in [0.1, 0.15) is 33.5 Å². The lowest BCUT2D eigenvalue weighted by Crippen LogP contribution is -2.40. The largest absolute Gasteiger partial charge is 0.338 e. The maximum Gasteiger partial charge on any atom is 0.254 e. The topological polar surface area (TPSA) is 46.3 Å². The zero-order valence-corrected chi connectivity index (χ0v) is 14.3. The average Bonchev–Trinajstić information content (AvgIpc) is 2.54. The molecule has 0 aliphatic rings. The fourth-order valence-electron chi connectivity index (χ4n) is 3.01. The monoisotopic (exact) mass is 310 g/mol. The fourth-order valence-corrected chi connectivity index (χ4v) is 3.01. The minimum Gasteiger partial charge on any atom is -0.338 e. The van der Waals surface area contributed by atoms with Gasteiger partial charge in [0.2, 0.25) is 0 Å². The molecule has 2 rings (SSSR count). The maximum absolute atomic E-state index is 13.0. The van der Waals surface area contributed by atoms with Crippen LogP contribution in [0.2, 0.25) is 0 Å². The highest BCUT2D eigenvalue weighted by atomic mass is 16.2. The van der Waals surface area contributed by atoms with E-state index >= 15 is 0 Å². The summed E-state index contributed by atoms with van der Waals surface area (Å²) >= 11 is 0. The lowest BCUT2D eigenvalue weighted by atomic mass is 9.98. The number of nitrogens with two attached hydrogens (primary N) is 1. The molecule has 122 valence electrons. The van der Waals surface area contributed by atoms with Crippen molar-refractivity contribution < 1.29 is 4.79 Å². The molecule has 0 aliphatic carbocycles. The van der Waals surface area contributed by atoms with Crippen molar-refractivity contribution in [1.29, 1.82) is 0 Å². The summed E-state index contributed by atoms with van der Waals surface area (Å²) in [5, 5.41) is 0. The number of carbonyl (C=O) groups excluding carboxylic acids is 1. The number of nitrogens with zero attached hydrogens (tertiary/aromatic N) is 1. The standard InChI is InChI=1S/C20H26N2O/c1-15-8-7-9-16(2)19(15)20(23)22(3)18(12-13-21)14-17-10-5-4-6-11-17/h4-11,18H,12-14,21H2,1-3H3. The molecule has 1 atom stereocenters. The van der Waals surface area contributed by atoms with Crippen molar-refractivity contribution in [3.63, 3.8) is 0 Å². The van der Waals surface area contributed by atoms with Gasteiger partial charge in [-0.05, 0) is 49.9 Å². The molecular weight excluding hydrogens is 284 g/mol. The second-order valence-electron chi connectivity index (χ2n) is 6.10. The van der Waals surface area contributed by atoms with Crippen molar-refractivity contribution >= 4 is 5.91 Å². The van der Waals surface area contributed by atoms with Crippen molar-refractivity contribution in [3.05, 3.63) is 70.8 Å². The van der Waals surface area contributed by atoms with Gasteiger partial charge in [0.1, 0.15) is 0 Å². The van der Waals surface area contributed by atoms with Crippen LogP contribution in [0, 0.1) is 13.8 Å². The van der Waals surface area contributed by atoms with Gasteiger partial charge < -0.3 is 10.6 Å². The molecule has 0 fully saturated rings. The van der Waals surface area contributed by atoms with Gasteiger partial charge in [-0.25, -0.2) is 0 Å². The summed E-state index contributed by atoms with van der Waals surface area (Å²) in [4.78, 5) is 14.8. The second-order valence-corrected chi connectivity index (χ2v) is 6.10. The van der Waals surface area contributed by atoms with Gasteiger partial charge in [0, 0.05) is 18.7 Å². The molecule has 0 saturated carbocycles. The molecule has 2 aromatic carbocycles. The van der Waals surface area contributed by atoms with Crippen molar-refractivity contribution in [2.75, 3.05) is 13.6 Å². The lowest BCUT2D eigenvalue weighted by molar-refractivity contribution is 0.0724. The van der Waals surface area contributed by atoms with Gasteiger partial charge in [-0.2, -0.15) is 0 Å². The Balaban J connectivity index is 2.23. The van der Waals surface area contributed by atoms with E-state index in [-0.39, 0.29) is 11.9 Å². The molecule has 0 aromatic heterocycles. The second kappa shape index (κ2) is 7.93. The highest BCUT2D eigenvalue weighted by Gasteiger charge is 2.23. The van der Waals surface area contributed by atoms with Crippen LogP contribution >= 0.6 is 0 Å². The normalized spacial score (nSPS) is 12.0. The van der Waals surface area contributed by atoms with E-state index in [0.29, 0.717) is 6.54 Å². The quantitative estimate of drug-likeness (QED) is 0.889. The van der Waals surface area contributed by atoms with Crippen LogP contribution in [-0.4, -0.2) is 30.4 Å². The number of aryl methyl sites for hydroxylation is 2. The number of amides is 1. The van der Waals surface area contributed by atoms with E-state index in [4.69, 9.17) is 5.73 Å². The minimum atomic E-state index is 0.0787. The third-order valence-corrected chi connectivity index (χ3v) is 4.38. The Bertz CT molecular complexity index is 632. The van der Waals surface area contributed by atoms with E-state index in [0.717, 1.165) is 29.5 Å². The van der Waals surface area contributed by atoms with E-state index in [1.54, 1.807) is 0 Å². The first-order chi connectivity index (χ1) is 11.0. The molecule has 3 heteroatoms. The smallest absolute Gasteiger partial charge is 0.254 e. The predicted octanol–water partition coefficient (Wildman–Crippen LogP) is 3.34. The first-order valence-corrected chi connectivity index (χ1v) is 8.12. The summed E-state index contributed by atoms with van der Waals surface area (Å²) in [6.07, 6.45) is 1.62. The number of rotatable bonds is 6. The van der Waals surface area contributed by atoms with Crippen LogP contribution < -0.4 is 5.73 Å². The third-order valence-electron chi connectivity index (χ3n) is 4.38. The van der Waals surface area contributed by atoms with Crippen LogP contribution in [0.25, 0.3) is 0 Å². The zero-order chi connectivity index (χ0) is 16.8. The number of benzene rings is 2. The van der Waals surface area contributed by atoms with Crippen LogP contribution in [-0.2, 0) is 6.42 Å². The van der Waals surface area contributed by atoms with Crippen LogP contribution in [0.3, 0.4) is 0 Å². The molecule has 0 spiro atoms. The van der Waals surface area contributed by atoms with Crippen molar-refractivity contribution in [3.8, 4) is 0 Å². The van der Waals surface area contributed by atoms with Gasteiger partial charge in [0.05, 0.1) is 0 Å². The Morgan fingerprint density at radius 1 is 1.04 bits per heavy atom. The van der Waals surface area contributed by atoms with Gasteiger partial charge in [0.15, 0.2) is 0 Å². The van der Waals surface area contributed by atoms with Crippen LogP contribution in [0.4, 0.5) is 0 Å². The summed E-state index contributed by atoms with van der Waals surface area (Å²) in [6, 6.07) is 16.3. The first-order valence-electron chi connectivity index (χ1n) is 8.12. The van der Waals surface area contributed by atoms with E-state index in [2.05, 4.69) is 12.1 Å². The number of hydrogen-bond donors (Lipinski definition) is 1. The van der Waals surface area contributed by atoms with Crippen molar-refractivity contribution in [2.45, 2.75) is 32.7 Å². The summed E-state index contributed by atoms with van der Waals surface area (Å²) < 4.78 is 0. The van der Waals surface area contributed by atoms with E-state index in [1.807, 2.05) is 62.2 Å². The molecule has 1 amide bonds. The molecule has 0 aliphatic heterocycles. The van der Waals surface area contributed by atoms with Gasteiger partial charge >= 0.3 is 0 Å². The highest BCUT2D eigenvalue weighted by Crippen LogP contribution is 2.19. The maximum atomic E-state index is 13.0. The van der Waals surface area contributed by atoms with E-state index in [9.17, 15) is 4.79 Å². The molecule has 0 radical (unpaired) electrons. The van der Waals surface area contributed by atoms with E-state index < -0.39 is 0 Å². The molecule has 2 N–H and O–H groups in total. The zero-order valence-electron chi connectivity index (χ0n) is 14.3. The van der Waals surface area contributed by atoms with Crippen LogP contribution in [0.15, 0.2) is 48.5 Å². The number of likely N-dealkylation sites (N-methyl/N-ethyl adjacent to an activating group) is 1. The predicted molar refractivity (Wildman–Crippen MR) is 95.6 cm³/mol. The molecule has 0 bridgehead atoms. The summed E-state index contributed by atoms with van der Waals surface area (Å²) in [6.45, 7) is 4.55. The molecule has 0 saturated heterocycles. The lowest BCUT2D eigenvalue weighted by Gasteiger charge is -2.29. The molecule has 2 aromatic rings. The minimum absolute atomic E-state index is 0.0787. The van der Waals surface area contributed by atoms with Crippen molar-refractivity contribution in [1.82, 2.24) is 4.90 Å². The van der Waals surface area contributed by atoms with Gasteiger partial charge in [-0.15, -0.1) is 0 Å². The molecule has 0 heterocycles.